The first-order valence-electron chi connectivity index (χ1n) is 6.84. The van der Waals surface area contributed by atoms with Gasteiger partial charge in [0, 0.05) is 19.1 Å². The van der Waals surface area contributed by atoms with Crippen LogP contribution in [-0.2, 0) is 0 Å². The average molecular weight is 210 g/mol. The van der Waals surface area contributed by atoms with E-state index >= 15 is 0 Å². The molecule has 0 spiro atoms. The van der Waals surface area contributed by atoms with Crippen molar-refractivity contribution in [3.8, 4) is 0 Å². The summed E-state index contributed by atoms with van der Waals surface area (Å²) in [6, 6.07) is 0.744. The summed E-state index contributed by atoms with van der Waals surface area (Å²) in [4.78, 5) is 2.71. The minimum Gasteiger partial charge on any atom is -0.313 e. The number of hydrogen-bond acceptors (Lipinski definition) is 2. The van der Waals surface area contributed by atoms with E-state index in [-0.39, 0.29) is 0 Å². The molecule has 0 radical (unpaired) electrons. The van der Waals surface area contributed by atoms with Crippen LogP contribution < -0.4 is 5.32 Å². The fourth-order valence-electron chi connectivity index (χ4n) is 3.07. The van der Waals surface area contributed by atoms with Crippen LogP contribution in [0.4, 0.5) is 0 Å². The number of hydrogen-bond donors (Lipinski definition) is 1. The second-order valence-electron chi connectivity index (χ2n) is 5.32. The molecule has 2 fully saturated rings. The van der Waals surface area contributed by atoms with Gasteiger partial charge in [-0.2, -0.15) is 0 Å². The molecular formula is C13H26N2. The zero-order valence-electron chi connectivity index (χ0n) is 10.2. The first kappa shape index (κ1) is 11.4. The number of nitrogens with zero attached hydrogens (tertiary/aromatic N) is 1. The van der Waals surface area contributed by atoms with Crippen molar-refractivity contribution in [3.05, 3.63) is 0 Å². The molecule has 0 aromatic heterocycles. The Morgan fingerprint density at radius 3 is 2.73 bits per heavy atom. The van der Waals surface area contributed by atoms with Crippen LogP contribution in [0.1, 0.15) is 45.4 Å². The van der Waals surface area contributed by atoms with Crippen molar-refractivity contribution in [2.45, 2.75) is 51.5 Å². The van der Waals surface area contributed by atoms with Crippen LogP contribution in [0.3, 0.4) is 0 Å². The first-order chi connectivity index (χ1) is 7.38. The summed E-state index contributed by atoms with van der Waals surface area (Å²) in [5.41, 5.74) is 0. The van der Waals surface area contributed by atoms with E-state index in [1.807, 2.05) is 0 Å². The van der Waals surface area contributed by atoms with Gasteiger partial charge in [-0.3, -0.25) is 0 Å². The second-order valence-corrected chi connectivity index (χ2v) is 5.32. The van der Waals surface area contributed by atoms with Crippen LogP contribution in [0.25, 0.3) is 0 Å². The Labute approximate surface area is 94.4 Å². The van der Waals surface area contributed by atoms with Crippen LogP contribution >= 0.6 is 0 Å². The Balaban J connectivity index is 1.78. The molecule has 1 heterocycles. The third kappa shape index (κ3) is 3.46. The Kier molecular flexibility index (Phi) is 4.45. The molecule has 2 nitrogen and oxygen atoms in total. The minimum absolute atomic E-state index is 0.744. The highest BCUT2D eigenvalue weighted by Crippen LogP contribution is 2.25. The maximum absolute atomic E-state index is 3.64. The molecule has 2 heteroatoms. The van der Waals surface area contributed by atoms with Gasteiger partial charge in [-0.1, -0.05) is 19.8 Å². The van der Waals surface area contributed by atoms with E-state index in [0.717, 1.165) is 12.0 Å². The summed E-state index contributed by atoms with van der Waals surface area (Å²) in [7, 11) is 0. The lowest BCUT2D eigenvalue weighted by Gasteiger charge is -2.26. The Bertz CT molecular complexity index is 175. The molecule has 88 valence electrons. The van der Waals surface area contributed by atoms with E-state index in [4.69, 9.17) is 0 Å². The molecule has 2 aliphatic rings. The van der Waals surface area contributed by atoms with Crippen molar-refractivity contribution in [2.75, 3.05) is 26.2 Å². The highest BCUT2D eigenvalue weighted by Gasteiger charge is 2.21. The molecule has 1 aliphatic heterocycles. The van der Waals surface area contributed by atoms with Crippen molar-refractivity contribution in [1.82, 2.24) is 10.2 Å². The molecule has 1 aliphatic carbocycles. The van der Waals surface area contributed by atoms with Gasteiger partial charge in [-0.25, -0.2) is 0 Å². The van der Waals surface area contributed by atoms with Crippen molar-refractivity contribution in [1.29, 1.82) is 0 Å². The average Bonchev–Trinajstić information content (AvgIpc) is 2.64. The van der Waals surface area contributed by atoms with Gasteiger partial charge >= 0.3 is 0 Å². The Hall–Kier alpha value is -0.0800. The fourth-order valence-corrected chi connectivity index (χ4v) is 3.07. The SMILES string of the molecule is CCC1CN(CC2CCCC2)CCCN1. The quantitative estimate of drug-likeness (QED) is 0.768. The fraction of sp³-hybridized carbons (Fsp3) is 1.00. The third-order valence-corrected chi connectivity index (χ3v) is 4.05. The molecule has 0 bridgehead atoms. The highest BCUT2D eigenvalue weighted by atomic mass is 15.2. The van der Waals surface area contributed by atoms with Gasteiger partial charge in [-0.05, 0) is 44.7 Å². The summed E-state index contributed by atoms with van der Waals surface area (Å²) >= 11 is 0. The molecule has 0 aromatic carbocycles. The summed E-state index contributed by atoms with van der Waals surface area (Å²) in [6.45, 7) is 7.50. The molecular weight excluding hydrogens is 184 g/mol. The Morgan fingerprint density at radius 2 is 2.00 bits per heavy atom. The van der Waals surface area contributed by atoms with Crippen LogP contribution in [-0.4, -0.2) is 37.1 Å². The molecule has 1 saturated carbocycles. The van der Waals surface area contributed by atoms with E-state index in [2.05, 4.69) is 17.1 Å². The maximum Gasteiger partial charge on any atom is 0.0192 e. The standard InChI is InChI=1S/C13H26N2/c1-2-13-11-15(9-5-8-14-13)10-12-6-3-4-7-12/h12-14H,2-11H2,1H3. The maximum atomic E-state index is 3.64. The van der Waals surface area contributed by atoms with Gasteiger partial charge in [0.25, 0.3) is 0 Å². The molecule has 1 saturated heterocycles. The van der Waals surface area contributed by atoms with Crippen LogP contribution in [0.15, 0.2) is 0 Å². The lowest BCUT2D eigenvalue weighted by molar-refractivity contribution is 0.226. The van der Waals surface area contributed by atoms with E-state index in [1.165, 1.54) is 64.7 Å². The van der Waals surface area contributed by atoms with Gasteiger partial charge in [-0.15, -0.1) is 0 Å². The molecule has 1 atom stereocenters. The van der Waals surface area contributed by atoms with Crippen molar-refractivity contribution in [2.24, 2.45) is 5.92 Å². The zero-order chi connectivity index (χ0) is 10.5. The second kappa shape index (κ2) is 5.86. The smallest absolute Gasteiger partial charge is 0.0192 e. The lowest BCUT2D eigenvalue weighted by Crippen LogP contribution is -2.38. The normalized spacial score (nSPS) is 30.6. The van der Waals surface area contributed by atoms with Crippen LogP contribution in [0, 0.1) is 5.92 Å². The molecule has 2 rings (SSSR count). The van der Waals surface area contributed by atoms with Crippen LogP contribution in [0.5, 0.6) is 0 Å². The minimum atomic E-state index is 0.744. The Morgan fingerprint density at radius 1 is 1.20 bits per heavy atom. The van der Waals surface area contributed by atoms with Crippen molar-refractivity contribution < 1.29 is 0 Å². The summed E-state index contributed by atoms with van der Waals surface area (Å²) in [6.07, 6.45) is 8.55. The summed E-state index contributed by atoms with van der Waals surface area (Å²) in [5.74, 6) is 1.01. The number of nitrogens with one attached hydrogen (secondary N) is 1. The largest absolute Gasteiger partial charge is 0.313 e. The van der Waals surface area contributed by atoms with Crippen LogP contribution in [0.2, 0.25) is 0 Å². The highest BCUT2D eigenvalue weighted by molar-refractivity contribution is 4.78. The third-order valence-electron chi connectivity index (χ3n) is 4.05. The zero-order valence-corrected chi connectivity index (χ0v) is 10.2. The number of rotatable bonds is 3. The first-order valence-corrected chi connectivity index (χ1v) is 6.84. The van der Waals surface area contributed by atoms with E-state index in [9.17, 15) is 0 Å². The molecule has 1 N–H and O–H groups in total. The van der Waals surface area contributed by atoms with Gasteiger partial charge in [0.05, 0.1) is 0 Å². The van der Waals surface area contributed by atoms with E-state index in [1.54, 1.807) is 0 Å². The van der Waals surface area contributed by atoms with Gasteiger partial charge in [0.2, 0.25) is 0 Å². The molecule has 0 amide bonds. The predicted octanol–water partition coefficient (Wildman–Crippen LogP) is 2.25. The van der Waals surface area contributed by atoms with Crippen molar-refractivity contribution >= 4 is 0 Å². The summed E-state index contributed by atoms with van der Waals surface area (Å²) in [5, 5.41) is 3.64. The predicted molar refractivity (Wildman–Crippen MR) is 65.1 cm³/mol. The monoisotopic (exact) mass is 210 g/mol. The van der Waals surface area contributed by atoms with Gasteiger partial charge in [0.1, 0.15) is 0 Å². The van der Waals surface area contributed by atoms with E-state index < -0.39 is 0 Å². The molecule has 0 aromatic rings. The van der Waals surface area contributed by atoms with Gasteiger partial charge < -0.3 is 10.2 Å². The lowest BCUT2D eigenvalue weighted by atomic mass is 10.1. The summed E-state index contributed by atoms with van der Waals surface area (Å²) < 4.78 is 0. The van der Waals surface area contributed by atoms with Crippen molar-refractivity contribution in [3.63, 3.8) is 0 Å². The van der Waals surface area contributed by atoms with Gasteiger partial charge in [0.15, 0.2) is 0 Å². The molecule has 15 heavy (non-hydrogen) atoms. The van der Waals surface area contributed by atoms with E-state index in [0.29, 0.717) is 0 Å². The molecule has 1 unspecified atom stereocenters. The topological polar surface area (TPSA) is 15.3 Å².